The van der Waals surface area contributed by atoms with E-state index in [0.717, 1.165) is 54.1 Å². The predicted molar refractivity (Wildman–Crippen MR) is 129 cm³/mol. The molecule has 1 aliphatic carbocycles. The van der Waals surface area contributed by atoms with Crippen molar-refractivity contribution in [3.05, 3.63) is 64.7 Å². The Hall–Kier alpha value is -3.46. The Morgan fingerprint density at radius 3 is 2.91 bits per heavy atom. The molecule has 1 amide bonds. The van der Waals surface area contributed by atoms with Crippen LogP contribution >= 0.6 is 0 Å². The quantitative estimate of drug-likeness (QED) is 0.514. The van der Waals surface area contributed by atoms with E-state index in [2.05, 4.69) is 33.3 Å². The Morgan fingerprint density at radius 2 is 2.15 bits per heavy atom. The van der Waals surface area contributed by atoms with Crippen LogP contribution in [0.2, 0.25) is 0 Å². The van der Waals surface area contributed by atoms with Crippen molar-refractivity contribution >= 4 is 17.5 Å². The largest absolute Gasteiger partial charge is 0.396 e. The molecule has 0 radical (unpaired) electrons. The van der Waals surface area contributed by atoms with Crippen molar-refractivity contribution < 1.29 is 9.90 Å². The number of nitrogens with two attached hydrogens (primary N) is 1. The zero-order valence-corrected chi connectivity index (χ0v) is 19.6. The second kappa shape index (κ2) is 9.06. The summed E-state index contributed by atoms with van der Waals surface area (Å²) in [7, 11) is 0. The topological polar surface area (TPSA) is 122 Å². The van der Waals surface area contributed by atoms with Gasteiger partial charge in [0, 0.05) is 43.7 Å². The number of fused-ring (bicyclic) bond motifs is 1. The highest BCUT2D eigenvalue weighted by molar-refractivity contribution is 5.94. The number of amides is 1. The second-order valence-corrected chi connectivity index (χ2v) is 9.49. The summed E-state index contributed by atoms with van der Waals surface area (Å²) in [5.74, 6) is 2.09. The summed E-state index contributed by atoms with van der Waals surface area (Å²) in [6.45, 7) is 6.65. The van der Waals surface area contributed by atoms with E-state index in [4.69, 9.17) is 10.7 Å². The average Bonchev–Trinajstić information content (AvgIpc) is 3.55. The first kappa shape index (κ1) is 22.3. The van der Waals surface area contributed by atoms with E-state index in [1.165, 1.54) is 0 Å². The number of nitrogen functional groups attached to an aromatic ring is 1. The van der Waals surface area contributed by atoms with Crippen LogP contribution in [0.1, 0.15) is 52.1 Å². The lowest BCUT2D eigenvalue weighted by Crippen LogP contribution is -2.26. The first-order valence-electron chi connectivity index (χ1n) is 11.8. The first-order chi connectivity index (χ1) is 16.4. The standard InChI is InChI=1S/C25H31N7O2/c1-15-10-31(11-19(15)14-33)23-6-3-17(16(2)29-23)12-32-13-18(9-28-32)25(34)30-22-5-4-21-20(22)7-8-27-24(21)26/h3,6-9,13,15,19,22,33H,4-5,10-12,14H2,1-2H3,(H2,26,27)(H,30,34)/t15?,19?,22-/m1/s1. The summed E-state index contributed by atoms with van der Waals surface area (Å²) in [5, 5.41) is 17.0. The zero-order chi connectivity index (χ0) is 23.8. The summed E-state index contributed by atoms with van der Waals surface area (Å²) in [6.07, 6.45) is 6.70. The number of hydrogen-bond acceptors (Lipinski definition) is 7. The number of pyridine rings is 2. The van der Waals surface area contributed by atoms with Gasteiger partial charge in [0.2, 0.25) is 0 Å². The molecule has 3 aromatic heterocycles. The predicted octanol–water partition coefficient (Wildman–Crippen LogP) is 2.09. The minimum absolute atomic E-state index is 0.0612. The third-order valence-electron chi connectivity index (χ3n) is 7.22. The van der Waals surface area contributed by atoms with Gasteiger partial charge in [0.25, 0.3) is 5.91 Å². The van der Waals surface area contributed by atoms with E-state index in [1.807, 2.05) is 19.1 Å². The molecule has 0 aromatic carbocycles. The first-order valence-corrected chi connectivity index (χ1v) is 11.8. The van der Waals surface area contributed by atoms with E-state index in [1.54, 1.807) is 23.3 Å². The zero-order valence-electron chi connectivity index (χ0n) is 19.6. The van der Waals surface area contributed by atoms with Crippen molar-refractivity contribution in [2.24, 2.45) is 11.8 Å². The smallest absolute Gasteiger partial charge is 0.254 e. The fraction of sp³-hybridized carbons (Fsp3) is 0.440. The van der Waals surface area contributed by atoms with Gasteiger partial charge < -0.3 is 21.1 Å². The molecule has 9 nitrogen and oxygen atoms in total. The van der Waals surface area contributed by atoms with Crippen LogP contribution in [-0.4, -0.2) is 50.5 Å². The Kier molecular flexibility index (Phi) is 5.95. The lowest BCUT2D eigenvalue weighted by Gasteiger charge is -2.18. The van der Waals surface area contributed by atoms with Gasteiger partial charge in [-0.05, 0) is 54.5 Å². The molecule has 4 N–H and O–H groups in total. The number of carbonyl (C=O) groups excluding carboxylic acids is 1. The van der Waals surface area contributed by atoms with Gasteiger partial charge in [0.1, 0.15) is 11.6 Å². The molecule has 0 bridgehead atoms. The van der Waals surface area contributed by atoms with Crippen molar-refractivity contribution in [3.63, 3.8) is 0 Å². The lowest BCUT2D eigenvalue weighted by molar-refractivity contribution is 0.0936. The average molecular weight is 462 g/mol. The van der Waals surface area contributed by atoms with Gasteiger partial charge in [-0.2, -0.15) is 5.10 Å². The van der Waals surface area contributed by atoms with E-state index >= 15 is 0 Å². The Morgan fingerprint density at radius 1 is 1.29 bits per heavy atom. The molecule has 1 fully saturated rings. The highest BCUT2D eigenvalue weighted by Crippen LogP contribution is 2.33. The SMILES string of the molecule is Cc1nc(N2CC(C)C(CO)C2)ccc1Cn1cc(C(=O)N[C@@H]2CCc3c2ccnc3N)cn1. The number of aromatic nitrogens is 4. The number of nitrogens with zero attached hydrogens (tertiary/aromatic N) is 5. The maximum Gasteiger partial charge on any atom is 0.254 e. The van der Waals surface area contributed by atoms with Crippen LogP contribution in [-0.2, 0) is 13.0 Å². The van der Waals surface area contributed by atoms with Crippen LogP contribution in [0.5, 0.6) is 0 Å². The van der Waals surface area contributed by atoms with Crippen LogP contribution in [0.25, 0.3) is 0 Å². The van der Waals surface area contributed by atoms with Gasteiger partial charge in [-0.3, -0.25) is 9.48 Å². The normalized spacial score (nSPS) is 21.6. The van der Waals surface area contributed by atoms with E-state index < -0.39 is 0 Å². The molecule has 5 rings (SSSR count). The summed E-state index contributed by atoms with van der Waals surface area (Å²) in [4.78, 5) is 24.0. The number of aryl methyl sites for hydroxylation is 1. The summed E-state index contributed by atoms with van der Waals surface area (Å²) < 4.78 is 1.77. The molecule has 9 heteroatoms. The molecule has 3 aromatic rings. The second-order valence-electron chi connectivity index (χ2n) is 9.49. The molecule has 4 heterocycles. The van der Waals surface area contributed by atoms with Gasteiger partial charge in [-0.25, -0.2) is 9.97 Å². The van der Waals surface area contributed by atoms with Gasteiger partial charge in [-0.1, -0.05) is 13.0 Å². The molecule has 3 atom stereocenters. The number of aliphatic hydroxyl groups excluding tert-OH is 1. The number of aliphatic hydroxyl groups is 1. The minimum Gasteiger partial charge on any atom is -0.396 e. The molecular formula is C25H31N7O2. The fourth-order valence-electron chi connectivity index (χ4n) is 5.08. The highest BCUT2D eigenvalue weighted by atomic mass is 16.3. The van der Waals surface area contributed by atoms with Gasteiger partial charge in [0.15, 0.2) is 0 Å². The molecule has 1 saturated heterocycles. The van der Waals surface area contributed by atoms with Crippen LogP contribution in [0.15, 0.2) is 36.8 Å². The maximum absolute atomic E-state index is 12.9. The van der Waals surface area contributed by atoms with Crippen LogP contribution in [0, 0.1) is 18.8 Å². The summed E-state index contributed by atoms with van der Waals surface area (Å²) in [6, 6.07) is 5.97. The number of nitrogens with one attached hydrogen (secondary N) is 1. The molecule has 178 valence electrons. The Labute approximate surface area is 199 Å². The molecule has 0 spiro atoms. The molecule has 2 aliphatic rings. The monoisotopic (exact) mass is 461 g/mol. The lowest BCUT2D eigenvalue weighted by atomic mass is 10.00. The van der Waals surface area contributed by atoms with E-state index in [9.17, 15) is 9.90 Å². The van der Waals surface area contributed by atoms with Crippen molar-refractivity contribution in [2.75, 3.05) is 30.3 Å². The van der Waals surface area contributed by atoms with E-state index in [-0.39, 0.29) is 18.6 Å². The summed E-state index contributed by atoms with van der Waals surface area (Å²) in [5.41, 5.74) is 10.6. The van der Waals surface area contributed by atoms with Crippen molar-refractivity contribution in [1.82, 2.24) is 25.1 Å². The molecule has 1 aliphatic heterocycles. The Balaban J connectivity index is 1.24. The van der Waals surface area contributed by atoms with Gasteiger partial charge in [-0.15, -0.1) is 0 Å². The third kappa shape index (κ3) is 4.23. The Bertz CT molecular complexity index is 1210. The third-order valence-corrected chi connectivity index (χ3v) is 7.22. The van der Waals surface area contributed by atoms with Crippen molar-refractivity contribution in [1.29, 1.82) is 0 Å². The van der Waals surface area contributed by atoms with Crippen LogP contribution < -0.4 is 16.0 Å². The summed E-state index contributed by atoms with van der Waals surface area (Å²) >= 11 is 0. The van der Waals surface area contributed by atoms with Crippen LogP contribution in [0.4, 0.5) is 11.6 Å². The van der Waals surface area contributed by atoms with E-state index in [0.29, 0.717) is 29.8 Å². The van der Waals surface area contributed by atoms with Gasteiger partial charge >= 0.3 is 0 Å². The molecule has 0 saturated carbocycles. The highest BCUT2D eigenvalue weighted by Gasteiger charge is 2.30. The number of anilines is 2. The molecular weight excluding hydrogens is 430 g/mol. The fourth-order valence-corrected chi connectivity index (χ4v) is 5.08. The van der Waals surface area contributed by atoms with Crippen LogP contribution in [0.3, 0.4) is 0 Å². The minimum atomic E-state index is -0.147. The van der Waals surface area contributed by atoms with Gasteiger partial charge in [0.05, 0.1) is 24.3 Å². The number of carbonyl (C=O) groups is 1. The molecule has 2 unspecified atom stereocenters. The number of hydrogen-bond donors (Lipinski definition) is 3. The van der Waals surface area contributed by atoms with Crippen molar-refractivity contribution in [3.8, 4) is 0 Å². The maximum atomic E-state index is 12.9. The number of rotatable bonds is 6. The molecule has 34 heavy (non-hydrogen) atoms. The van der Waals surface area contributed by atoms with Crippen molar-refractivity contribution in [2.45, 2.75) is 39.3 Å².